The number of carbonyl (C=O) groups excluding carboxylic acids is 1. The Bertz CT molecular complexity index is 1080. The molecule has 0 aliphatic carbocycles. The Hall–Kier alpha value is -3.06. The highest BCUT2D eigenvalue weighted by molar-refractivity contribution is 7.22. The Balaban J connectivity index is 1.37. The van der Waals surface area contributed by atoms with Crippen molar-refractivity contribution in [3.05, 3.63) is 53.6 Å². The highest BCUT2D eigenvalue weighted by Gasteiger charge is 2.22. The predicted molar refractivity (Wildman–Crippen MR) is 122 cm³/mol. The number of anilines is 1. The summed E-state index contributed by atoms with van der Waals surface area (Å²) in [5.74, 6) is 1.33. The average molecular weight is 424 g/mol. The SMILES string of the molecule is COc1ccc(/C=C\C(=O)N2CCN(c3nc4ccc(C)cc4s3)CC2)cc1OC. The maximum absolute atomic E-state index is 12.6. The molecule has 0 saturated carbocycles. The summed E-state index contributed by atoms with van der Waals surface area (Å²) in [6.45, 7) is 5.04. The molecule has 1 saturated heterocycles. The van der Waals surface area contributed by atoms with Gasteiger partial charge in [0.1, 0.15) is 0 Å². The number of thiazole rings is 1. The number of hydrogen-bond donors (Lipinski definition) is 0. The van der Waals surface area contributed by atoms with Crippen LogP contribution in [0, 0.1) is 6.92 Å². The van der Waals surface area contributed by atoms with Crippen LogP contribution in [0.25, 0.3) is 16.3 Å². The number of amides is 1. The molecular formula is C23H25N3O3S. The summed E-state index contributed by atoms with van der Waals surface area (Å²) in [5, 5.41) is 1.03. The summed E-state index contributed by atoms with van der Waals surface area (Å²) < 4.78 is 11.8. The molecule has 0 bridgehead atoms. The Labute approximate surface area is 180 Å². The van der Waals surface area contributed by atoms with Crippen LogP contribution < -0.4 is 14.4 Å². The van der Waals surface area contributed by atoms with Crippen LogP contribution in [0.4, 0.5) is 5.13 Å². The third-order valence-electron chi connectivity index (χ3n) is 5.22. The molecule has 0 N–H and O–H groups in total. The quantitative estimate of drug-likeness (QED) is 0.581. The normalized spacial score (nSPS) is 14.5. The number of aromatic nitrogens is 1. The van der Waals surface area contributed by atoms with Crippen molar-refractivity contribution in [3.8, 4) is 11.5 Å². The van der Waals surface area contributed by atoms with Gasteiger partial charge in [0.25, 0.3) is 0 Å². The second kappa shape index (κ2) is 8.75. The first-order valence-corrected chi connectivity index (χ1v) is 10.7. The van der Waals surface area contributed by atoms with Crippen LogP contribution in [-0.4, -0.2) is 56.2 Å². The van der Waals surface area contributed by atoms with Crippen LogP contribution in [0.5, 0.6) is 11.5 Å². The smallest absolute Gasteiger partial charge is 0.246 e. The van der Waals surface area contributed by atoms with Gasteiger partial charge < -0.3 is 19.3 Å². The maximum Gasteiger partial charge on any atom is 0.246 e. The number of piperazine rings is 1. The Morgan fingerprint density at radius 2 is 1.80 bits per heavy atom. The number of rotatable bonds is 5. The summed E-state index contributed by atoms with van der Waals surface area (Å²) in [7, 11) is 3.20. The van der Waals surface area contributed by atoms with E-state index in [1.54, 1.807) is 31.6 Å². The van der Waals surface area contributed by atoms with Crippen LogP contribution in [0.3, 0.4) is 0 Å². The van der Waals surface area contributed by atoms with E-state index in [2.05, 4.69) is 30.0 Å². The summed E-state index contributed by atoms with van der Waals surface area (Å²) in [6, 6.07) is 11.9. The molecule has 7 heteroatoms. The highest BCUT2D eigenvalue weighted by Crippen LogP contribution is 2.30. The molecule has 6 nitrogen and oxygen atoms in total. The first kappa shape index (κ1) is 20.2. The number of ether oxygens (including phenoxy) is 2. The molecule has 1 aliphatic rings. The van der Waals surface area contributed by atoms with E-state index in [1.165, 1.54) is 10.3 Å². The fraction of sp³-hybridized carbons (Fsp3) is 0.304. The van der Waals surface area contributed by atoms with Crippen molar-refractivity contribution < 1.29 is 14.3 Å². The second-order valence-electron chi connectivity index (χ2n) is 7.23. The number of hydrogen-bond acceptors (Lipinski definition) is 6. The first-order valence-electron chi connectivity index (χ1n) is 9.88. The third-order valence-corrected chi connectivity index (χ3v) is 6.30. The van der Waals surface area contributed by atoms with Crippen LogP contribution in [-0.2, 0) is 4.79 Å². The van der Waals surface area contributed by atoms with Crippen molar-refractivity contribution in [3.63, 3.8) is 0 Å². The fourth-order valence-electron chi connectivity index (χ4n) is 3.50. The van der Waals surface area contributed by atoms with Crippen LogP contribution >= 0.6 is 11.3 Å². The molecule has 2 aromatic carbocycles. The van der Waals surface area contributed by atoms with E-state index in [9.17, 15) is 4.79 Å². The van der Waals surface area contributed by atoms with Gasteiger partial charge in [0.15, 0.2) is 16.6 Å². The van der Waals surface area contributed by atoms with Crippen LogP contribution in [0.15, 0.2) is 42.5 Å². The number of benzene rings is 2. The van der Waals surface area contributed by atoms with Gasteiger partial charge in [-0.3, -0.25) is 4.79 Å². The molecule has 1 amide bonds. The number of aryl methyl sites for hydroxylation is 1. The first-order chi connectivity index (χ1) is 14.6. The zero-order valence-electron chi connectivity index (χ0n) is 17.4. The molecule has 0 spiro atoms. The van der Waals surface area contributed by atoms with Gasteiger partial charge in [-0.05, 0) is 48.4 Å². The Kier molecular flexibility index (Phi) is 5.90. The molecule has 0 atom stereocenters. The predicted octanol–water partition coefficient (Wildman–Crippen LogP) is 3.98. The standard InChI is InChI=1S/C23H25N3O3S/c1-16-4-7-18-21(14-16)30-23(24-18)26-12-10-25(11-13-26)22(27)9-6-17-5-8-19(28-2)20(15-17)29-3/h4-9,14-15H,10-13H2,1-3H3/b9-6-. The number of nitrogens with zero attached hydrogens (tertiary/aromatic N) is 3. The maximum atomic E-state index is 12.6. The lowest BCUT2D eigenvalue weighted by Gasteiger charge is -2.34. The van der Waals surface area contributed by atoms with Gasteiger partial charge in [-0.25, -0.2) is 4.98 Å². The minimum absolute atomic E-state index is 0.0179. The molecule has 1 aliphatic heterocycles. The van der Waals surface area contributed by atoms with Crippen molar-refractivity contribution in [2.45, 2.75) is 6.92 Å². The fourth-order valence-corrected chi connectivity index (χ4v) is 4.62. The molecule has 0 radical (unpaired) electrons. The summed E-state index contributed by atoms with van der Waals surface area (Å²) in [6.07, 6.45) is 3.43. The highest BCUT2D eigenvalue weighted by atomic mass is 32.1. The minimum Gasteiger partial charge on any atom is -0.493 e. The molecule has 1 fully saturated rings. The second-order valence-corrected chi connectivity index (χ2v) is 8.24. The van der Waals surface area contributed by atoms with E-state index in [1.807, 2.05) is 29.2 Å². The Morgan fingerprint density at radius 3 is 2.53 bits per heavy atom. The zero-order valence-corrected chi connectivity index (χ0v) is 18.2. The molecular weight excluding hydrogens is 398 g/mol. The van der Waals surface area contributed by atoms with Gasteiger partial charge in [0.2, 0.25) is 5.91 Å². The van der Waals surface area contributed by atoms with Crippen LogP contribution in [0.2, 0.25) is 0 Å². The van der Waals surface area contributed by atoms with E-state index in [-0.39, 0.29) is 5.91 Å². The molecule has 0 unspecified atom stereocenters. The largest absolute Gasteiger partial charge is 0.493 e. The molecule has 2 heterocycles. The van der Waals surface area contributed by atoms with Gasteiger partial charge in [0.05, 0.1) is 24.4 Å². The van der Waals surface area contributed by atoms with E-state index in [0.29, 0.717) is 24.6 Å². The number of carbonyl (C=O) groups is 1. The van der Waals surface area contributed by atoms with Gasteiger partial charge >= 0.3 is 0 Å². The topological polar surface area (TPSA) is 54.9 Å². The monoisotopic (exact) mass is 423 g/mol. The van der Waals surface area contributed by atoms with Crippen molar-refractivity contribution in [1.29, 1.82) is 0 Å². The average Bonchev–Trinajstić information content (AvgIpc) is 3.20. The lowest BCUT2D eigenvalue weighted by molar-refractivity contribution is -0.126. The lowest BCUT2D eigenvalue weighted by atomic mass is 10.2. The van der Waals surface area contributed by atoms with Gasteiger partial charge in [-0.2, -0.15) is 0 Å². The van der Waals surface area contributed by atoms with Gasteiger partial charge in [-0.15, -0.1) is 0 Å². The molecule has 3 aromatic rings. The number of fused-ring (bicyclic) bond motifs is 1. The van der Waals surface area contributed by atoms with Crippen molar-refractivity contribution >= 4 is 38.7 Å². The van der Waals surface area contributed by atoms with E-state index < -0.39 is 0 Å². The summed E-state index contributed by atoms with van der Waals surface area (Å²) >= 11 is 1.72. The van der Waals surface area contributed by atoms with E-state index >= 15 is 0 Å². The Morgan fingerprint density at radius 1 is 1.03 bits per heavy atom. The summed E-state index contributed by atoms with van der Waals surface area (Å²) in [4.78, 5) is 21.5. The minimum atomic E-state index is 0.0179. The third kappa shape index (κ3) is 4.26. The summed E-state index contributed by atoms with van der Waals surface area (Å²) in [5.41, 5.74) is 3.18. The van der Waals surface area contributed by atoms with Gasteiger partial charge in [-0.1, -0.05) is 23.5 Å². The van der Waals surface area contributed by atoms with Crippen molar-refractivity contribution in [1.82, 2.24) is 9.88 Å². The molecule has 1 aromatic heterocycles. The van der Waals surface area contributed by atoms with Gasteiger partial charge in [0, 0.05) is 32.3 Å². The number of methoxy groups -OCH3 is 2. The zero-order chi connectivity index (χ0) is 21.1. The molecule has 30 heavy (non-hydrogen) atoms. The van der Waals surface area contributed by atoms with Crippen molar-refractivity contribution in [2.75, 3.05) is 45.3 Å². The van der Waals surface area contributed by atoms with Crippen molar-refractivity contribution in [2.24, 2.45) is 0 Å². The van der Waals surface area contributed by atoms with E-state index in [0.717, 1.165) is 29.3 Å². The lowest BCUT2D eigenvalue weighted by Crippen LogP contribution is -2.48. The van der Waals surface area contributed by atoms with E-state index in [4.69, 9.17) is 14.5 Å². The molecule has 156 valence electrons. The van der Waals surface area contributed by atoms with Crippen LogP contribution in [0.1, 0.15) is 11.1 Å². The molecule has 4 rings (SSSR count).